The summed E-state index contributed by atoms with van der Waals surface area (Å²) >= 11 is 0. The molecule has 0 aliphatic rings. The molecule has 0 bridgehead atoms. The van der Waals surface area contributed by atoms with Crippen LogP contribution in [0.25, 0.3) is 10.9 Å². The minimum Gasteiger partial charge on any atom is -0.351 e. The van der Waals surface area contributed by atoms with Gasteiger partial charge in [0.25, 0.3) is 5.91 Å². The Morgan fingerprint density at radius 3 is 2.58 bits per heavy atom. The fraction of sp³-hybridized carbons (Fsp3) is 0.238. The molecule has 3 heteroatoms. The molecular weight excluding hydrogens is 296 g/mol. The number of benzene rings is 2. The first kappa shape index (κ1) is 16.2. The molecule has 1 heterocycles. The van der Waals surface area contributed by atoms with Gasteiger partial charge in [-0.25, -0.2) is 0 Å². The molecule has 1 aromatic heterocycles. The Hall–Kier alpha value is -2.68. The summed E-state index contributed by atoms with van der Waals surface area (Å²) in [7, 11) is 0. The number of para-hydroxylation sites is 1. The first-order valence-electron chi connectivity index (χ1n) is 8.26. The predicted molar refractivity (Wildman–Crippen MR) is 98.4 cm³/mol. The van der Waals surface area contributed by atoms with Crippen LogP contribution in [0.5, 0.6) is 0 Å². The molecule has 0 saturated heterocycles. The molecule has 24 heavy (non-hydrogen) atoms. The number of carbonyl (C=O) groups is 1. The monoisotopic (exact) mass is 318 g/mol. The first-order chi connectivity index (χ1) is 11.6. The molecule has 3 rings (SSSR count). The van der Waals surface area contributed by atoms with E-state index in [1.807, 2.05) is 56.3 Å². The van der Waals surface area contributed by atoms with E-state index in [-0.39, 0.29) is 11.8 Å². The Morgan fingerprint density at radius 1 is 1.08 bits per heavy atom. The largest absolute Gasteiger partial charge is 0.351 e. The van der Waals surface area contributed by atoms with Crippen LogP contribution in [0.1, 0.15) is 40.0 Å². The predicted octanol–water partition coefficient (Wildman–Crippen LogP) is 4.39. The molecular formula is C21H22N2O. The highest BCUT2D eigenvalue weighted by Gasteiger charge is 2.14. The zero-order valence-electron chi connectivity index (χ0n) is 14.3. The van der Waals surface area contributed by atoms with Crippen molar-refractivity contribution in [2.45, 2.75) is 26.7 Å². The van der Waals surface area contributed by atoms with Crippen molar-refractivity contribution in [3.8, 4) is 0 Å². The maximum absolute atomic E-state index is 12.7. The van der Waals surface area contributed by atoms with E-state index < -0.39 is 0 Å². The van der Waals surface area contributed by atoms with Gasteiger partial charge in [-0.15, -0.1) is 0 Å². The van der Waals surface area contributed by atoms with E-state index in [4.69, 9.17) is 0 Å². The van der Waals surface area contributed by atoms with E-state index in [2.05, 4.69) is 29.4 Å². The van der Waals surface area contributed by atoms with Crippen LogP contribution in [-0.4, -0.2) is 17.4 Å². The van der Waals surface area contributed by atoms with Crippen LogP contribution in [-0.2, 0) is 0 Å². The summed E-state index contributed by atoms with van der Waals surface area (Å²) in [6.45, 7) is 6.68. The van der Waals surface area contributed by atoms with Gasteiger partial charge in [0.05, 0.1) is 11.1 Å². The van der Waals surface area contributed by atoms with Crippen LogP contribution in [0.3, 0.4) is 0 Å². The summed E-state index contributed by atoms with van der Waals surface area (Å²) in [5.74, 6) is 0.227. The molecule has 3 nitrogen and oxygen atoms in total. The first-order valence-corrected chi connectivity index (χ1v) is 8.26. The number of pyridine rings is 1. The highest BCUT2D eigenvalue weighted by Crippen LogP contribution is 2.21. The van der Waals surface area contributed by atoms with Gasteiger partial charge in [-0.2, -0.15) is 0 Å². The fourth-order valence-corrected chi connectivity index (χ4v) is 2.95. The number of nitrogens with zero attached hydrogens (tertiary/aromatic N) is 1. The minimum atomic E-state index is -0.0427. The van der Waals surface area contributed by atoms with Gasteiger partial charge in [0.1, 0.15) is 0 Å². The van der Waals surface area contributed by atoms with E-state index >= 15 is 0 Å². The summed E-state index contributed by atoms with van der Waals surface area (Å²) in [5, 5.41) is 3.98. The Balaban J connectivity index is 1.83. The van der Waals surface area contributed by atoms with Gasteiger partial charge in [-0.3, -0.25) is 9.78 Å². The third-order valence-electron chi connectivity index (χ3n) is 4.35. The van der Waals surface area contributed by atoms with E-state index in [0.717, 1.165) is 22.2 Å². The number of amides is 1. The number of aromatic nitrogens is 1. The van der Waals surface area contributed by atoms with Gasteiger partial charge in [-0.1, -0.05) is 55.5 Å². The van der Waals surface area contributed by atoms with Crippen molar-refractivity contribution in [2.24, 2.45) is 0 Å². The lowest BCUT2D eigenvalue weighted by Crippen LogP contribution is -2.27. The summed E-state index contributed by atoms with van der Waals surface area (Å²) < 4.78 is 0. The summed E-state index contributed by atoms with van der Waals surface area (Å²) in [6.07, 6.45) is 0. The molecule has 1 N–H and O–H groups in total. The van der Waals surface area contributed by atoms with Gasteiger partial charge in [0, 0.05) is 17.6 Å². The lowest BCUT2D eigenvalue weighted by atomic mass is 10.0. The zero-order chi connectivity index (χ0) is 17.1. The fourth-order valence-electron chi connectivity index (χ4n) is 2.95. The van der Waals surface area contributed by atoms with E-state index in [0.29, 0.717) is 12.1 Å². The van der Waals surface area contributed by atoms with Crippen molar-refractivity contribution >= 4 is 16.8 Å². The minimum absolute atomic E-state index is 0.0427. The van der Waals surface area contributed by atoms with Gasteiger partial charge in [0.15, 0.2) is 0 Å². The van der Waals surface area contributed by atoms with Crippen LogP contribution >= 0.6 is 0 Å². The van der Waals surface area contributed by atoms with Gasteiger partial charge >= 0.3 is 0 Å². The van der Waals surface area contributed by atoms with Crippen molar-refractivity contribution in [1.82, 2.24) is 10.3 Å². The highest BCUT2D eigenvalue weighted by molar-refractivity contribution is 6.06. The molecule has 1 amide bonds. The van der Waals surface area contributed by atoms with Crippen molar-refractivity contribution in [1.29, 1.82) is 0 Å². The molecule has 0 saturated carbocycles. The third kappa shape index (κ3) is 3.30. The van der Waals surface area contributed by atoms with Crippen LogP contribution in [0.4, 0.5) is 0 Å². The Morgan fingerprint density at radius 2 is 1.83 bits per heavy atom. The van der Waals surface area contributed by atoms with Crippen LogP contribution in [0, 0.1) is 13.8 Å². The maximum Gasteiger partial charge on any atom is 0.252 e. The maximum atomic E-state index is 12.7. The molecule has 0 spiro atoms. The molecule has 3 aromatic rings. The number of hydrogen-bond acceptors (Lipinski definition) is 2. The Kier molecular flexibility index (Phi) is 4.61. The third-order valence-corrected chi connectivity index (χ3v) is 4.35. The molecule has 0 radical (unpaired) electrons. The summed E-state index contributed by atoms with van der Waals surface area (Å²) in [4.78, 5) is 17.3. The van der Waals surface area contributed by atoms with Gasteiger partial charge < -0.3 is 5.32 Å². The second kappa shape index (κ2) is 6.83. The van der Waals surface area contributed by atoms with Crippen molar-refractivity contribution in [2.75, 3.05) is 6.54 Å². The topological polar surface area (TPSA) is 42.0 Å². The van der Waals surface area contributed by atoms with Crippen LogP contribution in [0.15, 0.2) is 54.6 Å². The average Bonchev–Trinajstić information content (AvgIpc) is 2.60. The van der Waals surface area contributed by atoms with E-state index in [9.17, 15) is 4.79 Å². The standard InChI is InChI=1S/C21H22N2O/c1-14-8-7-11-18-19(12-16(3)23-20(14)18)21(24)22-13-15(2)17-9-5-4-6-10-17/h4-12,15H,13H2,1-3H3,(H,22,24)/t15-/m0/s1. The number of carbonyl (C=O) groups excluding carboxylic acids is 1. The van der Waals surface area contributed by atoms with Crippen molar-refractivity contribution < 1.29 is 4.79 Å². The normalized spacial score (nSPS) is 12.1. The highest BCUT2D eigenvalue weighted by atomic mass is 16.1. The SMILES string of the molecule is Cc1cc(C(=O)NC[C@H](C)c2ccccc2)c2cccc(C)c2n1. The molecule has 122 valence electrons. The number of nitrogens with one attached hydrogen (secondary N) is 1. The number of fused-ring (bicyclic) bond motifs is 1. The summed E-state index contributed by atoms with van der Waals surface area (Å²) in [6, 6.07) is 18.0. The molecule has 2 aromatic carbocycles. The second-order valence-electron chi connectivity index (χ2n) is 6.30. The Bertz CT molecular complexity index is 872. The molecule has 0 fully saturated rings. The number of aryl methyl sites for hydroxylation is 2. The quantitative estimate of drug-likeness (QED) is 0.775. The smallest absolute Gasteiger partial charge is 0.252 e. The second-order valence-corrected chi connectivity index (χ2v) is 6.30. The number of hydrogen-bond donors (Lipinski definition) is 1. The molecule has 1 atom stereocenters. The van der Waals surface area contributed by atoms with E-state index in [1.165, 1.54) is 5.56 Å². The van der Waals surface area contributed by atoms with Crippen LogP contribution < -0.4 is 5.32 Å². The molecule has 0 aliphatic carbocycles. The van der Waals surface area contributed by atoms with Gasteiger partial charge in [-0.05, 0) is 37.0 Å². The Labute approximate surface area is 142 Å². The number of rotatable bonds is 4. The summed E-state index contributed by atoms with van der Waals surface area (Å²) in [5.41, 5.74) is 4.77. The lowest BCUT2D eigenvalue weighted by Gasteiger charge is -2.14. The van der Waals surface area contributed by atoms with Gasteiger partial charge in [0.2, 0.25) is 0 Å². The van der Waals surface area contributed by atoms with E-state index in [1.54, 1.807) is 0 Å². The van der Waals surface area contributed by atoms with Crippen molar-refractivity contribution in [3.05, 3.63) is 77.0 Å². The van der Waals surface area contributed by atoms with Crippen molar-refractivity contribution in [3.63, 3.8) is 0 Å². The molecule has 0 unspecified atom stereocenters. The zero-order valence-corrected chi connectivity index (χ0v) is 14.3. The average molecular weight is 318 g/mol. The lowest BCUT2D eigenvalue weighted by molar-refractivity contribution is 0.0953. The van der Waals surface area contributed by atoms with Crippen LogP contribution in [0.2, 0.25) is 0 Å². The molecule has 0 aliphatic heterocycles.